The fraction of sp³-hybridized carbons (Fsp3) is 0.324. The summed E-state index contributed by atoms with van der Waals surface area (Å²) in [6.07, 6.45) is 7.32. The van der Waals surface area contributed by atoms with Gasteiger partial charge in [0.2, 0.25) is 5.13 Å². The molecule has 2 heterocycles. The van der Waals surface area contributed by atoms with Crippen molar-refractivity contribution in [2.24, 2.45) is 20.5 Å². The molecule has 0 fully saturated rings. The van der Waals surface area contributed by atoms with Crippen molar-refractivity contribution in [3.05, 3.63) is 79.9 Å². The van der Waals surface area contributed by atoms with Crippen molar-refractivity contribution in [2.45, 2.75) is 39.0 Å². The first-order chi connectivity index (χ1) is 23.0. The third-order valence-corrected chi connectivity index (χ3v) is 8.68. The first kappa shape index (κ1) is 35.1. The van der Waals surface area contributed by atoms with Gasteiger partial charge in [0.1, 0.15) is 22.2 Å². The Hall–Kier alpha value is -4.75. The lowest BCUT2D eigenvalue weighted by atomic mass is 10.1. The fourth-order valence-corrected chi connectivity index (χ4v) is 6.14. The molecule has 0 amide bonds. The normalized spacial score (nSPS) is 11.3. The Morgan fingerprint density at radius 1 is 0.787 bits per heavy atom. The number of thiophene rings is 1. The topological polar surface area (TPSA) is 127 Å². The maximum absolute atomic E-state index is 11.3. The van der Waals surface area contributed by atoms with Gasteiger partial charge in [0.25, 0.3) is 0 Å². The number of hydrogen-bond donors (Lipinski definition) is 0. The molecule has 0 aliphatic carbocycles. The van der Waals surface area contributed by atoms with Crippen molar-refractivity contribution in [1.29, 1.82) is 0 Å². The van der Waals surface area contributed by atoms with Crippen LogP contribution in [0.4, 0.5) is 27.2 Å². The van der Waals surface area contributed by atoms with Gasteiger partial charge in [-0.05, 0) is 74.4 Å². The molecular formula is C34H38N6O5S2. The molecule has 0 saturated carbocycles. The van der Waals surface area contributed by atoms with Crippen molar-refractivity contribution < 1.29 is 23.8 Å². The monoisotopic (exact) mass is 674 g/mol. The van der Waals surface area contributed by atoms with Gasteiger partial charge in [0.15, 0.2) is 0 Å². The van der Waals surface area contributed by atoms with Crippen molar-refractivity contribution in [3.8, 4) is 5.75 Å². The van der Waals surface area contributed by atoms with E-state index in [2.05, 4.69) is 43.5 Å². The van der Waals surface area contributed by atoms with Gasteiger partial charge in [0.05, 0.1) is 35.8 Å². The summed E-state index contributed by atoms with van der Waals surface area (Å²) < 4.78 is 16.9. The fourth-order valence-electron chi connectivity index (χ4n) is 4.29. The van der Waals surface area contributed by atoms with Crippen molar-refractivity contribution in [1.82, 2.24) is 4.98 Å². The Morgan fingerprint density at radius 3 is 2.06 bits per heavy atom. The highest BCUT2D eigenvalue weighted by molar-refractivity contribution is 7.30. The minimum absolute atomic E-state index is 0.288. The Labute approximate surface area is 282 Å². The number of rotatable bonds is 20. The lowest BCUT2D eigenvalue weighted by Crippen LogP contribution is -2.27. The molecule has 2 aromatic carbocycles. The molecule has 11 nitrogen and oxygen atoms in total. The molecule has 0 atom stereocenters. The molecule has 246 valence electrons. The number of likely N-dealkylation sites (N-methyl/N-ethyl adjacent to an activating group) is 1. The van der Waals surface area contributed by atoms with Gasteiger partial charge >= 0.3 is 11.9 Å². The van der Waals surface area contributed by atoms with Crippen LogP contribution in [0.15, 0.2) is 100 Å². The van der Waals surface area contributed by atoms with E-state index in [0.29, 0.717) is 30.6 Å². The average molecular weight is 675 g/mol. The molecule has 4 aromatic rings. The number of aromatic nitrogens is 1. The lowest BCUT2D eigenvalue weighted by Gasteiger charge is -2.22. The van der Waals surface area contributed by atoms with Crippen LogP contribution in [-0.2, 0) is 19.1 Å². The molecule has 0 unspecified atom stereocenters. The summed E-state index contributed by atoms with van der Waals surface area (Å²) in [7, 11) is 0. The summed E-state index contributed by atoms with van der Waals surface area (Å²) >= 11 is 2.89. The molecule has 2 aromatic heterocycles. The summed E-state index contributed by atoms with van der Waals surface area (Å²) in [5, 5.41) is 18.7. The second kappa shape index (κ2) is 19.0. The van der Waals surface area contributed by atoms with E-state index >= 15 is 0 Å². The Balaban J connectivity index is 1.19. The van der Waals surface area contributed by atoms with E-state index < -0.39 is 5.97 Å². The number of hydrogen-bond acceptors (Lipinski definition) is 13. The first-order valence-corrected chi connectivity index (χ1v) is 17.0. The molecule has 0 aliphatic heterocycles. The summed E-state index contributed by atoms with van der Waals surface area (Å²) in [6, 6.07) is 17.2. The highest BCUT2D eigenvalue weighted by Crippen LogP contribution is 2.39. The van der Waals surface area contributed by atoms with Crippen LogP contribution in [0.3, 0.4) is 0 Å². The summed E-state index contributed by atoms with van der Waals surface area (Å²) in [5.74, 6) is 0.00484. The molecule has 0 N–H and O–H groups in total. The predicted molar refractivity (Wildman–Crippen MR) is 188 cm³/mol. The van der Waals surface area contributed by atoms with Crippen LogP contribution in [0.25, 0.3) is 9.53 Å². The van der Waals surface area contributed by atoms with E-state index in [9.17, 15) is 9.59 Å². The summed E-state index contributed by atoms with van der Waals surface area (Å²) in [5.41, 5.74) is 2.45. The average Bonchev–Trinajstić information content (AvgIpc) is 3.67. The second-order valence-corrected chi connectivity index (χ2v) is 12.1. The van der Waals surface area contributed by atoms with Crippen LogP contribution in [0.5, 0.6) is 5.75 Å². The zero-order valence-corrected chi connectivity index (χ0v) is 28.0. The van der Waals surface area contributed by atoms with Crippen molar-refractivity contribution >= 4 is 71.3 Å². The van der Waals surface area contributed by atoms with Gasteiger partial charge in [0, 0.05) is 24.4 Å². The number of benzene rings is 2. The summed E-state index contributed by atoms with van der Waals surface area (Å²) in [6.45, 7) is 11.6. The number of unbranched alkanes of at least 4 members (excludes halogenated alkanes) is 4. The van der Waals surface area contributed by atoms with E-state index in [1.807, 2.05) is 61.5 Å². The smallest absolute Gasteiger partial charge is 0.330 e. The number of azo groups is 2. The maximum atomic E-state index is 11.3. The zero-order chi connectivity index (χ0) is 33.3. The second-order valence-electron chi connectivity index (χ2n) is 10.1. The number of esters is 2. The molecular weight excluding hydrogens is 637 g/mol. The Kier molecular flexibility index (Phi) is 14.2. The van der Waals surface area contributed by atoms with Gasteiger partial charge in [-0.3, -0.25) is 0 Å². The first-order valence-electron chi connectivity index (χ1n) is 15.4. The van der Waals surface area contributed by atoms with E-state index in [-0.39, 0.29) is 12.6 Å². The van der Waals surface area contributed by atoms with Gasteiger partial charge < -0.3 is 19.1 Å². The molecule has 0 bridgehead atoms. The number of ether oxygens (including phenoxy) is 3. The van der Waals surface area contributed by atoms with Gasteiger partial charge in [-0.1, -0.05) is 55.1 Å². The number of thiazole rings is 1. The highest BCUT2D eigenvalue weighted by atomic mass is 32.1. The highest BCUT2D eigenvalue weighted by Gasteiger charge is 2.09. The van der Waals surface area contributed by atoms with Crippen LogP contribution in [0.2, 0.25) is 0 Å². The standard InChI is InChI=1S/C34H38N6O5S2/c1-4-31(41)44-22-11-9-7-8-10-21-43-28-18-14-26(15-19-28)36-38-30-24-29-33(47-30)35-34(46-29)39-37-25-12-16-27(17-13-25)40(6-3)20-23-45-32(42)5-2/h4-5,12-19,24H,1-2,6-11,20-23H2,3H3. The Bertz CT molecular complexity index is 1630. The van der Waals surface area contributed by atoms with E-state index in [1.165, 1.54) is 28.7 Å². The minimum atomic E-state index is -0.425. The Morgan fingerprint density at radius 2 is 1.40 bits per heavy atom. The summed E-state index contributed by atoms with van der Waals surface area (Å²) in [4.78, 5) is 29.8. The predicted octanol–water partition coefficient (Wildman–Crippen LogP) is 9.80. The number of anilines is 1. The molecule has 0 aliphatic rings. The number of fused-ring (bicyclic) bond motifs is 1. The molecule has 4 rings (SSSR count). The van der Waals surface area contributed by atoms with E-state index in [0.717, 1.165) is 76.4 Å². The number of carbonyl (C=O) groups excluding carboxylic acids is 2. The van der Waals surface area contributed by atoms with Crippen molar-refractivity contribution in [3.63, 3.8) is 0 Å². The van der Waals surface area contributed by atoms with E-state index in [1.54, 1.807) is 0 Å². The quantitative estimate of drug-likeness (QED) is 0.0395. The van der Waals surface area contributed by atoms with Crippen LogP contribution in [-0.4, -0.2) is 49.8 Å². The zero-order valence-electron chi connectivity index (χ0n) is 26.4. The lowest BCUT2D eigenvalue weighted by molar-refractivity contribution is -0.138. The minimum Gasteiger partial charge on any atom is -0.494 e. The third kappa shape index (κ3) is 11.8. The van der Waals surface area contributed by atoms with Crippen LogP contribution >= 0.6 is 22.7 Å². The van der Waals surface area contributed by atoms with Gasteiger partial charge in [-0.25, -0.2) is 14.6 Å². The van der Waals surface area contributed by atoms with E-state index in [4.69, 9.17) is 14.2 Å². The molecule has 0 spiro atoms. The third-order valence-electron chi connectivity index (χ3n) is 6.75. The number of nitrogens with zero attached hydrogens (tertiary/aromatic N) is 6. The molecule has 0 radical (unpaired) electrons. The largest absolute Gasteiger partial charge is 0.494 e. The van der Waals surface area contributed by atoms with Crippen molar-refractivity contribution in [2.75, 3.05) is 37.8 Å². The van der Waals surface area contributed by atoms with Crippen LogP contribution in [0.1, 0.15) is 39.0 Å². The SMILES string of the molecule is C=CC(=O)OCCCCCCCOc1ccc(N=Nc2cc3sc(N=Nc4ccc(N(CC)CCOC(=O)C=C)cc4)nc3s2)cc1. The van der Waals surface area contributed by atoms with Gasteiger partial charge in [-0.2, -0.15) is 0 Å². The van der Waals surface area contributed by atoms with Crippen LogP contribution < -0.4 is 9.64 Å². The molecule has 13 heteroatoms. The molecule has 47 heavy (non-hydrogen) atoms. The van der Waals surface area contributed by atoms with Crippen LogP contribution in [0, 0.1) is 0 Å². The molecule has 0 saturated heterocycles. The van der Waals surface area contributed by atoms with Gasteiger partial charge in [-0.15, -0.1) is 20.5 Å². The maximum Gasteiger partial charge on any atom is 0.330 e. The number of carbonyl (C=O) groups is 2.